The normalized spacial score (nSPS) is 15.2. The number of furan rings is 1. The number of carbonyl (C=O) groups excluding carboxylic acids is 1. The number of aryl methyl sites for hydroxylation is 1. The zero-order chi connectivity index (χ0) is 14.7. The van der Waals surface area contributed by atoms with Gasteiger partial charge in [-0.25, -0.2) is 0 Å². The molecule has 5 heteroatoms. The fraction of sp³-hybridized carbons (Fsp3) is 0.375. The number of pyridine rings is 1. The first-order valence-electron chi connectivity index (χ1n) is 7.27. The average molecular weight is 286 g/mol. The van der Waals surface area contributed by atoms with Crippen molar-refractivity contribution in [2.24, 2.45) is 0 Å². The maximum absolute atomic E-state index is 12.3. The number of hydrogen-bond acceptors (Lipinski definition) is 3. The van der Waals surface area contributed by atoms with Crippen molar-refractivity contribution in [3.63, 3.8) is 0 Å². The molecule has 0 unspecified atom stereocenters. The number of amides is 1. The summed E-state index contributed by atoms with van der Waals surface area (Å²) in [5.41, 5.74) is 1.22. The topological polar surface area (TPSA) is 49.4 Å². The monoisotopic (exact) mass is 286 g/mol. The molecule has 2 aromatic heterocycles. The zero-order valence-corrected chi connectivity index (χ0v) is 12.2. The van der Waals surface area contributed by atoms with Gasteiger partial charge < -0.3 is 14.6 Å². The van der Waals surface area contributed by atoms with Gasteiger partial charge in [-0.3, -0.25) is 4.79 Å². The van der Waals surface area contributed by atoms with Crippen molar-refractivity contribution in [1.29, 1.82) is 0 Å². The molecule has 0 atom stereocenters. The molecule has 1 amide bonds. The maximum atomic E-state index is 12.3. The SMILES string of the molecule is Cc1cc[n+](Cc2ccc(C(=O)N3CCNCC3)o2)cc1. The predicted octanol–water partition coefficient (Wildman–Crippen LogP) is 0.969. The van der Waals surface area contributed by atoms with Crippen molar-refractivity contribution < 1.29 is 13.8 Å². The first kappa shape index (κ1) is 13.8. The van der Waals surface area contributed by atoms with E-state index in [4.69, 9.17) is 4.42 Å². The highest BCUT2D eigenvalue weighted by atomic mass is 16.4. The second-order valence-electron chi connectivity index (χ2n) is 5.36. The summed E-state index contributed by atoms with van der Waals surface area (Å²) in [6, 6.07) is 7.75. The van der Waals surface area contributed by atoms with E-state index in [1.807, 2.05) is 27.9 Å². The number of hydrogen-bond donors (Lipinski definition) is 1. The minimum absolute atomic E-state index is 0.0170. The average Bonchev–Trinajstić information content (AvgIpc) is 2.98. The standard InChI is InChI=1S/C16H20N3O2/c1-13-4-8-18(9-5-13)12-14-2-3-15(21-14)16(20)19-10-6-17-7-11-19/h2-5,8-9,17H,6-7,10-12H2,1H3/q+1. The molecule has 1 saturated heterocycles. The van der Waals surface area contributed by atoms with E-state index in [-0.39, 0.29) is 5.91 Å². The summed E-state index contributed by atoms with van der Waals surface area (Å²) in [5, 5.41) is 3.24. The molecule has 0 aromatic carbocycles. The fourth-order valence-electron chi connectivity index (χ4n) is 2.42. The summed E-state index contributed by atoms with van der Waals surface area (Å²) in [7, 11) is 0. The molecular formula is C16H20N3O2+. The minimum atomic E-state index is -0.0170. The van der Waals surface area contributed by atoms with Gasteiger partial charge in [0.05, 0.1) is 0 Å². The number of nitrogens with zero attached hydrogens (tertiary/aromatic N) is 2. The van der Waals surface area contributed by atoms with Crippen molar-refractivity contribution in [2.45, 2.75) is 13.5 Å². The summed E-state index contributed by atoms with van der Waals surface area (Å²) in [6.45, 7) is 5.86. The molecule has 21 heavy (non-hydrogen) atoms. The highest BCUT2D eigenvalue weighted by Gasteiger charge is 2.21. The molecule has 1 fully saturated rings. The Labute approximate surface area is 124 Å². The zero-order valence-electron chi connectivity index (χ0n) is 12.2. The lowest BCUT2D eigenvalue weighted by molar-refractivity contribution is -0.690. The van der Waals surface area contributed by atoms with Crippen LogP contribution in [0.5, 0.6) is 0 Å². The van der Waals surface area contributed by atoms with Crippen LogP contribution in [0.2, 0.25) is 0 Å². The number of nitrogens with one attached hydrogen (secondary N) is 1. The number of piperazine rings is 1. The largest absolute Gasteiger partial charge is 0.449 e. The Kier molecular flexibility index (Phi) is 4.01. The van der Waals surface area contributed by atoms with Crippen LogP contribution in [0.15, 0.2) is 41.1 Å². The van der Waals surface area contributed by atoms with Crippen molar-refractivity contribution in [1.82, 2.24) is 10.2 Å². The van der Waals surface area contributed by atoms with Gasteiger partial charge in [0.1, 0.15) is 0 Å². The number of carbonyl (C=O) groups is 1. The highest BCUT2D eigenvalue weighted by Crippen LogP contribution is 2.11. The molecule has 0 spiro atoms. The number of rotatable bonds is 3. The van der Waals surface area contributed by atoms with Gasteiger partial charge in [0.2, 0.25) is 6.54 Å². The van der Waals surface area contributed by atoms with Gasteiger partial charge in [-0.2, -0.15) is 4.57 Å². The van der Waals surface area contributed by atoms with Gasteiger partial charge in [0.25, 0.3) is 5.91 Å². The Balaban J connectivity index is 1.68. The Hall–Kier alpha value is -2.14. The van der Waals surface area contributed by atoms with Crippen LogP contribution >= 0.6 is 0 Å². The maximum Gasteiger partial charge on any atom is 0.289 e. The van der Waals surface area contributed by atoms with Crippen molar-refractivity contribution in [2.75, 3.05) is 26.2 Å². The lowest BCUT2D eigenvalue weighted by Crippen LogP contribution is -2.46. The summed E-state index contributed by atoms with van der Waals surface area (Å²) in [5.74, 6) is 1.21. The van der Waals surface area contributed by atoms with E-state index in [1.165, 1.54) is 5.56 Å². The van der Waals surface area contributed by atoms with Gasteiger partial charge in [-0.15, -0.1) is 0 Å². The van der Waals surface area contributed by atoms with Gasteiger partial charge in [-0.1, -0.05) is 0 Å². The molecule has 110 valence electrons. The molecule has 1 aliphatic heterocycles. The van der Waals surface area contributed by atoms with Crippen LogP contribution in [0.25, 0.3) is 0 Å². The molecule has 2 aromatic rings. The van der Waals surface area contributed by atoms with Crippen LogP contribution in [0, 0.1) is 6.92 Å². The summed E-state index contributed by atoms with van der Waals surface area (Å²) in [6.07, 6.45) is 4.02. The molecule has 0 bridgehead atoms. The van der Waals surface area contributed by atoms with E-state index >= 15 is 0 Å². The minimum Gasteiger partial charge on any atom is -0.449 e. The van der Waals surface area contributed by atoms with Crippen LogP contribution in [-0.2, 0) is 6.54 Å². The molecule has 0 radical (unpaired) electrons. The van der Waals surface area contributed by atoms with Gasteiger partial charge >= 0.3 is 0 Å². The van der Waals surface area contributed by atoms with E-state index in [9.17, 15) is 4.79 Å². The third kappa shape index (κ3) is 3.31. The fourth-order valence-corrected chi connectivity index (χ4v) is 2.42. The summed E-state index contributed by atoms with van der Waals surface area (Å²) >= 11 is 0. The van der Waals surface area contributed by atoms with Crippen LogP contribution in [-0.4, -0.2) is 37.0 Å². The Morgan fingerprint density at radius 2 is 1.95 bits per heavy atom. The molecule has 3 rings (SSSR count). The van der Waals surface area contributed by atoms with Crippen LogP contribution in [0.1, 0.15) is 21.9 Å². The van der Waals surface area contributed by atoms with E-state index in [2.05, 4.69) is 24.4 Å². The Bertz CT molecular complexity index is 613. The molecule has 3 heterocycles. The molecule has 1 N–H and O–H groups in total. The summed E-state index contributed by atoms with van der Waals surface area (Å²) in [4.78, 5) is 14.1. The first-order chi connectivity index (χ1) is 10.2. The molecule has 5 nitrogen and oxygen atoms in total. The van der Waals surface area contributed by atoms with Gasteiger partial charge in [0, 0.05) is 38.3 Å². The molecule has 0 saturated carbocycles. The third-order valence-corrected chi connectivity index (χ3v) is 3.67. The van der Waals surface area contributed by atoms with E-state index in [0.29, 0.717) is 12.3 Å². The molecular weight excluding hydrogens is 266 g/mol. The highest BCUT2D eigenvalue weighted by molar-refractivity contribution is 5.91. The second-order valence-corrected chi connectivity index (χ2v) is 5.36. The summed E-state index contributed by atoms with van der Waals surface area (Å²) < 4.78 is 7.73. The quantitative estimate of drug-likeness (QED) is 0.855. The Morgan fingerprint density at radius 1 is 1.24 bits per heavy atom. The van der Waals surface area contributed by atoms with Crippen LogP contribution in [0.3, 0.4) is 0 Å². The van der Waals surface area contributed by atoms with Gasteiger partial charge in [-0.05, 0) is 24.6 Å². The predicted molar refractivity (Wildman–Crippen MR) is 78.0 cm³/mol. The molecule has 1 aliphatic rings. The second kappa shape index (κ2) is 6.10. The Morgan fingerprint density at radius 3 is 2.67 bits per heavy atom. The van der Waals surface area contributed by atoms with Crippen molar-refractivity contribution >= 4 is 5.91 Å². The first-order valence-corrected chi connectivity index (χ1v) is 7.27. The van der Waals surface area contributed by atoms with Crippen LogP contribution < -0.4 is 9.88 Å². The van der Waals surface area contributed by atoms with E-state index in [0.717, 1.165) is 31.9 Å². The van der Waals surface area contributed by atoms with Gasteiger partial charge in [0.15, 0.2) is 23.9 Å². The van der Waals surface area contributed by atoms with E-state index in [1.54, 1.807) is 6.07 Å². The number of aromatic nitrogens is 1. The molecule has 0 aliphatic carbocycles. The lowest BCUT2D eigenvalue weighted by atomic mass is 10.3. The van der Waals surface area contributed by atoms with Crippen LogP contribution in [0.4, 0.5) is 0 Å². The van der Waals surface area contributed by atoms with Crippen molar-refractivity contribution in [3.8, 4) is 0 Å². The van der Waals surface area contributed by atoms with E-state index < -0.39 is 0 Å². The third-order valence-electron chi connectivity index (χ3n) is 3.67. The van der Waals surface area contributed by atoms with Crippen molar-refractivity contribution in [3.05, 3.63) is 53.7 Å². The lowest BCUT2D eigenvalue weighted by Gasteiger charge is -2.26. The smallest absolute Gasteiger partial charge is 0.289 e.